The molecule has 24 heavy (non-hydrogen) atoms. The minimum atomic E-state index is -4.42. The fraction of sp³-hybridized carbons (Fsp3) is 0.429. The molecule has 2 aromatic heterocycles. The standard InChI is InChI=1S/C14H17ClF3N5S/c1-19-13(23(3)7-10-4-9(15)6-22(10)2)20-5-12-21-11(8-24-12)14(16,17)18/h4,6,8H,5,7H2,1-3H3,(H,19,20). The first-order valence-corrected chi connectivity index (χ1v) is 8.20. The van der Waals surface area contributed by atoms with Crippen LogP contribution in [0.4, 0.5) is 13.2 Å². The molecule has 5 nitrogen and oxygen atoms in total. The van der Waals surface area contributed by atoms with Crippen molar-refractivity contribution in [1.29, 1.82) is 0 Å². The van der Waals surface area contributed by atoms with Gasteiger partial charge in [-0.3, -0.25) is 4.99 Å². The molecule has 0 spiro atoms. The van der Waals surface area contributed by atoms with Gasteiger partial charge in [0.2, 0.25) is 0 Å². The topological polar surface area (TPSA) is 45.5 Å². The van der Waals surface area contributed by atoms with Crippen molar-refractivity contribution in [3.63, 3.8) is 0 Å². The molecule has 0 aliphatic rings. The van der Waals surface area contributed by atoms with Crippen LogP contribution in [0.15, 0.2) is 22.6 Å². The van der Waals surface area contributed by atoms with Crippen molar-refractivity contribution in [3.05, 3.63) is 39.1 Å². The van der Waals surface area contributed by atoms with Crippen molar-refractivity contribution in [3.8, 4) is 0 Å². The smallest absolute Gasteiger partial charge is 0.351 e. The van der Waals surface area contributed by atoms with E-state index in [0.717, 1.165) is 22.4 Å². The molecular weight excluding hydrogens is 363 g/mol. The van der Waals surface area contributed by atoms with Gasteiger partial charge in [-0.1, -0.05) is 11.6 Å². The Morgan fingerprint density at radius 1 is 1.50 bits per heavy atom. The second-order valence-electron chi connectivity index (χ2n) is 5.14. The van der Waals surface area contributed by atoms with Crippen LogP contribution in [0.5, 0.6) is 0 Å². The largest absolute Gasteiger partial charge is 0.434 e. The number of hydrogen-bond acceptors (Lipinski definition) is 3. The molecule has 2 rings (SSSR count). The first-order valence-electron chi connectivity index (χ1n) is 6.95. The summed E-state index contributed by atoms with van der Waals surface area (Å²) in [5.41, 5.74) is 0.116. The minimum absolute atomic E-state index is 0.172. The SMILES string of the molecule is CN=C(NCc1nc(C(F)(F)F)cs1)N(C)Cc1cc(Cl)cn1C. The van der Waals surface area contributed by atoms with E-state index in [2.05, 4.69) is 15.3 Å². The van der Waals surface area contributed by atoms with E-state index in [1.165, 1.54) is 0 Å². The predicted molar refractivity (Wildman–Crippen MR) is 89.2 cm³/mol. The monoisotopic (exact) mass is 379 g/mol. The van der Waals surface area contributed by atoms with Crippen LogP contribution in [0, 0.1) is 0 Å². The fourth-order valence-corrected chi connectivity index (χ4v) is 3.12. The van der Waals surface area contributed by atoms with E-state index in [1.54, 1.807) is 13.2 Å². The summed E-state index contributed by atoms with van der Waals surface area (Å²) < 4.78 is 39.6. The Kier molecular flexibility index (Phi) is 5.76. The molecule has 0 aliphatic carbocycles. The van der Waals surface area contributed by atoms with E-state index < -0.39 is 11.9 Å². The van der Waals surface area contributed by atoms with Crippen molar-refractivity contribution in [2.45, 2.75) is 19.3 Å². The Balaban J connectivity index is 1.97. The van der Waals surface area contributed by atoms with Crippen molar-refractivity contribution >= 4 is 28.9 Å². The van der Waals surface area contributed by atoms with Crippen molar-refractivity contribution in [1.82, 2.24) is 19.8 Å². The van der Waals surface area contributed by atoms with Crippen LogP contribution in [0.2, 0.25) is 5.02 Å². The highest BCUT2D eigenvalue weighted by atomic mass is 35.5. The minimum Gasteiger partial charge on any atom is -0.351 e. The number of aliphatic imine (C=N–C) groups is 1. The molecule has 0 fully saturated rings. The number of nitrogens with zero attached hydrogens (tertiary/aromatic N) is 4. The number of thiazole rings is 1. The van der Waals surface area contributed by atoms with Crippen molar-refractivity contribution in [2.24, 2.45) is 12.0 Å². The molecule has 1 N–H and O–H groups in total. The number of hydrogen-bond donors (Lipinski definition) is 1. The van der Waals surface area contributed by atoms with Crippen LogP contribution in [-0.2, 0) is 26.3 Å². The van der Waals surface area contributed by atoms with Crippen molar-refractivity contribution < 1.29 is 13.2 Å². The van der Waals surface area contributed by atoms with E-state index in [9.17, 15) is 13.2 Å². The highest BCUT2D eigenvalue weighted by Crippen LogP contribution is 2.29. The van der Waals surface area contributed by atoms with Gasteiger partial charge in [-0.25, -0.2) is 4.98 Å². The maximum absolute atomic E-state index is 12.6. The summed E-state index contributed by atoms with van der Waals surface area (Å²) in [6.45, 7) is 0.722. The molecular formula is C14H17ClF3N5S. The van der Waals surface area contributed by atoms with Crippen LogP contribution in [-0.4, -0.2) is 34.5 Å². The Labute approximate surface area is 146 Å². The molecule has 0 bridgehead atoms. The number of halogens is 4. The van der Waals surface area contributed by atoms with E-state index >= 15 is 0 Å². The molecule has 132 valence electrons. The molecule has 0 saturated heterocycles. The van der Waals surface area contributed by atoms with Crippen LogP contribution >= 0.6 is 22.9 Å². The molecule has 10 heteroatoms. The third-order valence-electron chi connectivity index (χ3n) is 3.29. The number of aromatic nitrogens is 2. The van der Waals surface area contributed by atoms with E-state index in [0.29, 0.717) is 22.5 Å². The summed E-state index contributed by atoms with van der Waals surface area (Å²) in [7, 11) is 5.33. The zero-order chi connectivity index (χ0) is 17.9. The van der Waals surface area contributed by atoms with E-state index in [4.69, 9.17) is 11.6 Å². The Hall–Kier alpha value is -1.74. The predicted octanol–water partition coefficient (Wildman–Crippen LogP) is 3.36. The second kappa shape index (κ2) is 7.43. The summed E-state index contributed by atoms with van der Waals surface area (Å²) in [6, 6.07) is 1.85. The van der Waals surface area contributed by atoms with Gasteiger partial charge in [-0.05, 0) is 6.07 Å². The molecule has 0 amide bonds. The lowest BCUT2D eigenvalue weighted by atomic mass is 10.4. The molecule has 2 aromatic rings. The first kappa shape index (κ1) is 18.6. The highest BCUT2D eigenvalue weighted by molar-refractivity contribution is 7.09. The molecule has 2 heterocycles. The first-order chi connectivity index (χ1) is 11.2. The number of alkyl halides is 3. The summed E-state index contributed by atoms with van der Waals surface area (Å²) in [4.78, 5) is 9.57. The van der Waals surface area contributed by atoms with Gasteiger partial charge in [0.05, 0.1) is 18.1 Å². The maximum atomic E-state index is 12.6. The van der Waals surface area contributed by atoms with Gasteiger partial charge in [0, 0.05) is 38.4 Å². The molecule has 0 atom stereocenters. The second-order valence-corrected chi connectivity index (χ2v) is 6.52. The molecule has 0 aromatic carbocycles. The van der Waals surface area contributed by atoms with Gasteiger partial charge in [0.15, 0.2) is 11.7 Å². The number of nitrogens with one attached hydrogen (secondary N) is 1. The number of guanidine groups is 1. The Morgan fingerprint density at radius 3 is 2.71 bits per heavy atom. The molecule has 0 unspecified atom stereocenters. The zero-order valence-corrected chi connectivity index (χ0v) is 14.9. The Morgan fingerprint density at radius 2 is 2.21 bits per heavy atom. The fourth-order valence-electron chi connectivity index (χ4n) is 2.10. The number of rotatable bonds is 4. The third kappa shape index (κ3) is 4.64. The van der Waals surface area contributed by atoms with Crippen LogP contribution in [0.3, 0.4) is 0 Å². The Bertz CT molecular complexity index is 722. The third-order valence-corrected chi connectivity index (χ3v) is 4.34. The highest BCUT2D eigenvalue weighted by Gasteiger charge is 2.33. The summed E-state index contributed by atoms with van der Waals surface area (Å²) in [5.74, 6) is 0.552. The summed E-state index contributed by atoms with van der Waals surface area (Å²) >= 11 is 6.92. The van der Waals surface area contributed by atoms with Gasteiger partial charge in [0.1, 0.15) is 5.01 Å². The summed E-state index contributed by atoms with van der Waals surface area (Å²) in [5, 5.41) is 5.01. The van der Waals surface area contributed by atoms with Gasteiger partial charge in [-0.15, -0.1) is 11.3 Å². The van der Waals surface area contributed by atoms with Gasteiger partial charge >= 0.3 is 6.18 Å². The molecule has 0 aliphatic heterocycles. The lowest BCUT2D eigenvalue weighted by molar-refractivity contribution is -0.140. The van der Waals surface area contributed by atoms with Crippen LogP contribution < -0.4 is 5.32 Å². The average molecular weight is 380 g/mol. The molecule has 0 saturated carbocycles. The normalized spacial score (nSPS) is 12.5. The number of aryl methyl sites for hydroxylation is 1. The van der Waals surface area contributed by atoms with Gasteiger partial charge in [-0.2, -0.15) is 13.2 Å². The van der Waals surface area contributed by atoms with Gasteiger partial charge < -0.3 is 14.8 Å². The lowest BCUT2D eigenvalue weighted by Gasteiger charge is -2.22. The van der Waals surface area contributed by atoms with E-state index in [-0.39, 0.29) is 6.54 Å². The lowest BCUT2D eigenvalue weighted by Crippen LogP contribution is -2.38. The molecule has 0 radical (unpaired) electrons. The average Bonchev–Trinajstić information content (AvgIpc) is 3.06. The van der Waals surface area contributed by atoms with E-state index in [1.807, 2.05) is 29.6 Å². The van der Waals surface area contributed by atoms with Crippen molar-refractivity contribution in [2.75, 3.05) is 14.1 Å². The van der Waals surface area contributed by atoms with Crippen LogP contribution in [0.25, 0.3) is 0 Å². The zero-order valence-electron chi connectivity index (χ0n) is 13.4. The quantitative estimate of drug-likeness (QED) is 0.654. The summed E-state index contributed by atoms with van der Waals surface area (Å²) in [6.07, 6.45) is -2.62. The van der Waals surface area contributed by atoms with Crippen LogP contribution in [0.1, 0.15) is 16.4 Å². The van der Waals surface area contributed by atoms with Gasteiger partial charge in [0.25, 0.3) is 0 Å². The maximum Gasteiger partial charge on any atom is 0.434 e.